The Morgan fingerprint density at radius 1 is 1.15 bits per heavy atom. The molecule has 4 rings (SSSR count). The number of nitrogens with zero attached hydrogens (tertiary/aromatic N) is 2. The second kappa shape index (κ2) is 7.63. The number of amides is 1. The smallest absolute Gasteiger partial charge is 0.262 e. The van der Waals surface area contributed by atoms with Gasteiger partial charge in [-0.05, 0) is 36.2 Å². The number of ether oxygens (including phenoxy) is 1. The van der Waals surface area contributed by atoms with Gasteiger partial charge in [-0.1, -0.05) is 31.2 Å². The number of rotatable bonds is 6. The van der Waals surface area contributed by atoms with Gasteiger partial charge < -0.3 is 10.1 Å². The molecule has 0 radical (unpaired) electrons. The van der Waals surface area contributed by atoms with Crippen LogP contribution in [0.4, 0.5) is 5.69 Å². The standard InChI is InChI=1S/C21H19N3O2S/c1-2-15-3-9-18(10-4-15)26-14-20(25)22-17-7-5-16(6-8-17)19-13-24-11-12-27-21(24)23-19/h3-13H,2,14H2,1H3,(H,22,25). The minimum absolute atomic E-state index is 0.0233. The van der Waals surface area contributed by atoms with Gasteiger partial charge in [0, 0.05) is 29.0 Å². The molecule has 27 heavy (non-hydrogen) atoms. The molecule has 0 aliphatic rings. The third kappa shape index (κ3) is 4.01. The van der Waals surface area contributed by atoms with E-state index in [-0.39, 0.29) is 12.5 Å². The Morgan fingerprint density at radius 3 is 2.63 bits per heavy atom. The van der Waals surface area contributed by atoms with Crippen LogP contribution >= 0.6 is 11.3 Å². The highest BCUT2D eigenvalue weighted by Crippen LogP contribution is 2.23. The number of anilines is 1. The molecule has 2 aromatic carbocycles. The molecular formula is C21H19N3O2S. The molecule has 6 heteroatoms. The number of carbonyl (C=O) groups excluding carboxylic acids is 1. The molecular weight excluding hydrogens is 358 g/mol. The lowest BCUT2D eigenvalue weighted by atomic mass is 10.1. The van der Waals surface area contributed by atoms with E-state index in [0.717, 1.165) is 28.3 Å². The largest absolute Gasteiger partial charge is 0.484 e. The van der Waals surface area contributed by atoms with Crippen molar-refractivity contribution < 1.29 is 9.53 Å². The van der Waals surface area contributed by atoms with Crippen molar-refractivity contribution in [3.63, 3.8) is 0 Å². The predicted molar refractivity (Wildman–Crippen MR) is 108 cm³/mol. The summed E-state index contributed by atoms with van der Waals surface area (Å²) in [5.74, 6) is 0.502. The quantitative estimate of drug-likeness (QED) is 0.532. The zero-order valence-corrected chi connectivity index (χ0v) is 15.7. The second-order valence-corrected chi connectivity index (χ2v) is 7.00. The van der Waals surface area contributed by atoms with Crippen LogP contribution in [0, 0.1) is 0 Å². The van der Waals surface area contributed by atoms with E-state index in [1.54, 1.807) is 11.3 Å². The van der Waals surface area contributed by atoms with E-state index >= 15 is 0 Å². The lowest BCUT2D eigenvalue weighted by Gasteiger charge is -2.08. The van der Waals surface area contributed by atoms with E-state index in [1.165, 1.54) is 5.56 Å². The minimum Gasteiger partial charge on any atom is -0.484 e. The maximum atomic E-state index is 12.1. The van der Waals surface area contributed by atoms with Gasteiger partial charge >= 0.3 is 0 Å². The molecule has 4 aromatic rings. The highest BCUT2D eigenvalue weighted by atomic mass is 32.1. The van der Waals surface area contributed by atoms with Crippen molar-refractivity contribution in [2.24, 2.45) is 0 Å². The molecule has 0 atom stereocenters. The van der Waals surface area contributed by atoms with Gasteiger partial charge in [-0.2, -0.15) is 0 Å². The van der Waals surface area contributed by atoms with Crippen LogP contribution in [0.1, 0.15) is 12.5 Å². The molecule has 2 heterocycles. The summed E-state index contributed by atoms with van der Waals surface area (Å²) >= 11 is 1.60. The zero-order chi connectivity index (χ0) is 18.6. The van der Waals surface area contributed by atoms with Crippen LogP contribution in [-0.4, -0.2) is 21.9 Å². The van der Waals surface area contributed by atoms with Gasteiger partial charge in [-0.25, -0.2) is 4.98 Å². The number of benzene rings is 2. The van der Waals surface area contributed by atoms with E-state index in [0.29, 0.717) is 5.75 Å². The number of nitrogens with one attached hydrogen (secondary N) is 1. The minimum atomic E-state index is -0.190. The summed E-state index contributed by atoms with van der Waals surface area (Å²) < 4.78 is 7.53. The molecule has 1 N–H and O–H groups in total. The zero-order valence-electron chi connectivity index (χ0n) is 14.9. The number of carbonyl (C=O) groups is 1. The van der Waals surface area contributed by atoms with Crippen LogP contribution in [0.3, 0.4) is 0 Å². The van der Waals surface area contributed by atoms with Crippen molar-refractivity contribution in [3.8, 4) is 17.0 Å². The molecule has 0 aliphatic carbocycles. The molecule has 0 unspecified atom stereocenters. The van der Waals surface area contributed by atoms with Crippen LogP contribution in [0.15, 0.2) is 66.3 Å². The Balaban J connectivity index is 1.34. The maximum Gasteiger partial charge on any atom is 0.262 e. The summed E-state index contributed by atoms with van der Waals surface area (Å²) in [5, 5.41) is 4.85. The van der Waals surface area contributed by atoms with E-state index in [9.17, 15) is 4.79 Å². The fraction of sp³-hybridized carbons (Fsp3) is 0.143. The predicted octanol–water partition coefficient (Wildman–Crippen LogP) is 4.64. The van der Waals surface area contributed by atoms with E-state index in [4.69, 9.17) is 4.74 Å². The molecule has 2 aromatic heterocycles. The van der Waals surface area contributed by atoms with Gasteiger partial charge in [0.05, 0.1) is 5.69 Å². The Morgan fingerprint density at radius 2 is 1.93 bits per heavy atom. The second-order valence-electron chi connectivity index (χ2n) is 6.13. The molecule has 0 saturated heterocycles. The number of aromatic nitrogens is 2. The van der Waals surface area contributed by atoms with Crippen LogP contribution in [0.2, 0.25) is 0 Å². The number of hydrogen-bond acceptors (Lipinski definition) is 4. The third-order valence-corrected chi connectivity index (χ3v) is 5.03. The maximum absolute atomic E-state index is 12.1. The van der Waals surface area contributed by atoms with Crippen LogP contribution in [0.5, 0.6) is 5.75 Å². The summed E-state index contributed by atoms with van der Waals surface area (Å²) in [6.45, 7) is 2.08. The fourth-order valence-corrected chi connectivity index (χ4v) is 3.46. The number of imidazole rings is 1. The highest BCUT2D eigenvalue weighted by Gasteiger charge is 2.07. The molecule has 0 aliphatic heterocycles. The van der Waals surface area contributed by atoms with Crippen molar-refractivity contribution in [1.29, 1.82) is 0 Å². The summed E-state index contributed by atoms with van der Waals surface area (Å²) in [6.07, 6.45) is 4.96. The molecule has 5 nitrogen and oxygen atoms in total. The van der Waals surface area contributed by atoms with Gasteiger partial charge in [0.25, 0.3) is 5.91 Å². The van der Waals surface area contributed by atoms with Gasteiger partial charge in [0.1, 0.15) is 5.75 Å². The van der Waals surface area contributed by atoms with E-state index in [1.807, 2.05) is 70.7 Å². The van der Waals surface area contributed by atoms with Crippen LogP contribution in [0.25, 0.3) is 16.2 Å². The number of thiazole rings is 1. The Hall–Kier alpha value is -3.12. The van der Waals surface area contributed by atoms with Crippen molar-refractivity contribution in [1.82, 2.24) is 9.38 Å². The first kappa shape index (κ1) is 17.3. The number of aryl methyl sites for hydroxylation is 1. The molecule has 0 fully saturated rings. The van der Waals surface area contributed by atoms with E-state index < -0.39 is 0 Å². The van der Waals surface area contributed by atoms with Gasteiger partial charge in [-0.3, -0.25) is 9.20 Å². The van der Waals surface area contributed by atoms with Gasteiger partial charge in [0.2, 0.25) is 0 Å². The average Bonchev–Trinajstić information content (AvgIpc) is 3.30. The van der Waals surface area contributed by atoms with Gasteiger partial charge in [0.15, 0.2) is 11.6 Å². The van der Waals surface area contributed by atoms with E-state index in [2.05, 4.69) is 17.2 Å². The van der Waals surface area contributed by atoms with Crippen molar-refractivity contribution in [2.45, 2.75) is 13.3 Å². The lowest BCUT2D eigenvalue weighted by Crippen LogP contribution is -2.20. The topological polar surface area (TPSA) is 55.6 Å². The molecule has 0 bridgehead atoms. The average molecular weight is 377 g/mol. The number of fused-ring (bicyclic) bond motifs is 1. The Bertz CT molecular complexity index is 1020. The Labute approximate surface area is 161 Å². The summed E-state index contributed by atoms with van der Waals surface area (Å²) in [7, 11) is 0. The summed E-state index contributed by atoms with van der Waals surface area (Å²) in [4.78, 5) is 17.6. The molecule has 0 saturated carbocycles. The third-order valence-electron chi connectivity index (χ3n) is 4.26. The molecule has 1 amide bonds. The molecule has 136 valence electrons. The normalized spacial score (nSPS) is 10.9. The monoisotopic (exact) mass is 377 g/mol. The SMILES string of the molecule is CCc1ccc(OCC(=O)Nc2ccc(-c3cn4ccsc4n3)cc2)cc1. The fourth-order valence-electron chi connectivity index (χ4n) is 2.76. The van der Waals surface area contributed by atoms with Crippen molar-refractivity contribution in [2.75, 3.05) is 11.9 Å². The first-order valence-corrected chi connectivity index (χ1v) is 9.63. The van der Waals surface area contributed by atoms with Crippen LogP contribution in [-0.2, 0) is 11.2 Å². The number of hydrogen-bond donors (Lipinski definition) is 1. The van der Waals surface area contributed by atoms with Gasteiger partial charge in [-0.15, -0.1) is 11.3 Å². The summed E-state index contributed by atoms with van der Waals surface area (Å²) in [5.41, 5.74) is 3.90. The highest BCUT2D eigenvalue weighted by molar-refractivity contribution is 7.15. The van der Waals surface area contributed by atoms with Crippen LogP contribution < -0.4 is 10.1 Å². The first-order valence-electron chi connectivity index (χ1n) is 8.75. The Kier molecular flexibility index (Phi) is 4.89. The first-order chi connectivity index (χ1) is 13.2. The lowest BCUT2D eigenvalue weighted by molar-refractivity contribution is -0.118. The van der Waals surface area contributed by atoms with Crippen molar-refractivity contribution >= 4 is 27.9 Å². The summed E-state index contributed by atoms with van der Waals surface area (Å²) in [6, 6.07) is 15.4. The molecule has 0 spiro atoms. The van der Waals surface area contributed by atoms with Crippen molar-refractivity contribution in [3.05, 3.63) is 71.9 Å².